The summed E-state index contributed by atoms with van der Waals surface area (Å²) in [7, 11) is 0. The zero-order valence-electron chi connectivity index (χ0n) is 33.0. The molecule has 0 atom stereocenters. The van der Waals surface area contributed by atoms with Gasteiger partial charge in [0.15, 0.2) is 17.5 Å². The first-order valence-corrected chi connectivity index (χ1v) is 20.6. The molecule has 0 unspecified atom stereocenters. The number of hydrogen-bond acceptors (Lipinski definition) is 4. The first-order chi connectivity index (χ1) is 30.2. The van der Waals surface area contributed by atoms with Crippen molar-refractivity contribution in [3.63, 3.8) is 0 Å². The van der Waals surface area contributed by atoms with Crippen LogP contribution in [0.4, 0.5) is 0 Å². The van der Waals surface area contributed by atoms with Crippen molar-refractivity contribution in [1.82, 2.24) is 15.0 Å². The zero-order chi connectivity index (χ0) is 40.3. The predicted octanol–water partition coefficient (Wildman–Crippen LogP) is 15.2. The van der Waals surface area contributed by atoms with E-state index in [0.717, 1.165) is 82.4 Å². The number of hydrogen-bond donors (Lipinski definition) is 0. The van der Waals surface area contributed by atoms with E-state index in [0.29, 0.717) is 17.5 Å². The number of aromatic nitrogens is 3. The predicted molar refractivity (Wildman–Crippen MR) is 252 cm³/mol. The molecule has 12 aromatic rings. The van der Waals surface area contributed by atoms with E-state index in [1.165, 1.54) is 21.9 Å². The Morgan fingerprint density at radius 2 is 0.820 bits per heavy atom. The summed E-state index contributed by atoms with van der Waals surface area (Å²) in [5.41, 5.74) is 11.1. The lowest BCUT2D eigenvalue weighted by Crippen LogP contribution is -2.02. The minimum absolute atomic E-state index is 0.550. The molecule has 0 radical (unpaired) electrons. The molecule has 0 saturated carbocycles. The van der Waals surface area contributed by atoms with Gasteiger partial charge in [-0.15, -0.1) is 0 Å². The zero-order valence-corrected chi connectivity index (χ0v) is 33.0. The molecule has 0 bridgehead atoms. The molecule has 284 valence electrons. The highest BCUT2D eigenvalue weighted by Gasteiger charge is 2.22. The van der Waals surface area contributed by atoms with Crippen LogP contribution in [0, 0.1) is 0 Å². The SMILES string of the molecule is c1ccc(-c2ccc3ccc(-c4ccc5cccc(-c6nc(-c7c(-c8ccccc8)ccc8ccccc78)nc(-c7cccc8c7oc7ccccc78)n6)c5c4)cc3c2)cc1. The molecule has 0 aliphatic carbocycles. The summed E-state index contributed by atoms with van der Waals surface area (Å²) in [4.78, 5) is 16.2. The van der Waals surface area contributed by atoms with Gasteiger partial charge in [0, 0.05) is 21.9 Å². The lowest BCUT2D eigenvalue weighted by atomic mass is 9.93. The van der Waals surface area contributed by atoms with Gasteiger partial charge >= 0.3 is 0 Å². The molecule has 0 N–H and O–H groups in total. The van der Waals surface area contributed by atoms with E-state index >= 15 is 0 Å². The van der Waals surface area contributed by atoms with Gasteiger partial charge in [-0.25, -0.2) is 15.0 Å². The molecule has 0 aliphatic rings. The van der Waals surface area contributed by atoms with Gasteiger partial charge in [0.2, 0.25) is 0 Å². The third kappa shape index (κ3) is 6.04. The molecule has 12 rings (SSSR count). The summed E-state index contributed by atoms with van der Waals surface area (Å²) in [6.45, 7) is 0. The quantitative estimate of drug-likeness (QED) is 0.169. The lowest BCUT2D eigenvalue weighted by Gasteiger charge is -2.15. The second-order valence-corrected chi connectivity index (χ2v) is 15.5. The first kappa shape index (κ1) is 34.8. The first-order valence-electron chi connectivity index (χ1n) is 20.6. The molecule has 10 aromatic carbocycles. The monoisotopic (exact) mass is 777 g/mol. The molecule has 4 heteroatoms. The summed E-state index contributed by atoms with van der Waals surface area (Å²) >= 11 is 0. The van der Waals surface area contributed by atoms with Crippen molar-refractivity contribution < 1.29 is 4.42 Å². The van der Waals surface area contributed by atoms with Crippen LogP contribution in [0.2, 0.25) is 0 Å². The maximum absolute atomic E-state index is 6.59. The summed E-state index contributed by atoms with van der Waals surface area (Å²) in [6.07, 6.45) is 0. The number of rotatable bonds is 6. The normalized spacial score (nSPS) is 11.6. The molecule has 0 aliphatic heterocycles. The average molecular weight is 778 g/mol. The van der Waals surface area contributed by atoms with E-state index in [9.17, 15) is 0 Å². The molecular formula is C57H35N3O. The summed E-state index contributed by atoms with van der Waals surface area (Å²) < 4.78 is 6.59. The fourth-order valence-electron chi connectivity index (χ4n) is 8.91. The molecule has 2 aromatic heterocycles. The second-order valence-electron chi connectivity index (χ2n) is 15.5. The average Bonchev–Trinajstić information content (AvgIpc) is 3.72. The van der Waals surface area contributed by atoms with E-state index in [-0.39, 0.29) is 0 Å². The highest BCUT2D eigenvalue weighted by molar-refractivity contribution is 6.10. The van der Waals surface area contributed by atoms with Gasteiger partial charge in [-0.05, 0) is 96.0 Å². The van der Waals surface area contributed by atoms with Gasteiger partial charge in [-0.1, -0.05) is 182 Å². The maximum atomic E-state index is 6.59. The van der Waals surface area contributed by atoms with Gasteiger partial charge in [-0.3, -0.25) is 0 Å². The smallest absolute Gasteiger partial charge is 0.167 e. The van der Waals surface area contributed by atoms with Gasteiger partial charge in [-0.2, -0.15) is 0 Å². The molecular weight excluding hydrogens is 743 g/mol. The molecule has 0 fully saturated rings. The van der Waals surface area contributed by atoms with Gasteiger partial charge in [0.05, 0.1) is 5.56 Å². The number of nitrogens with zero attached hydrogens (tertiary/aromatic N) is 3. The van der Waals surface area contributed by atoms with Crippen molar-refractivity contribution >= 4 is 54.3 Å². The molecule has 0 saturated heterocycles. The highest BCUT2D eigenvalue weighted by atomic mass is 16.3. The number of benzene rings is 10. The van der Waals surface area contributed by atoms with Crippen molar-refractivity contribution in [2.24, 2.45) is 0 Å². The van der Waals surface area contributed by atoms with Crippen LogP contribution in [-0.2, 0) is 0 Å². The van der Waals surface area contributed by atoms with Crippen molar-refractivity contribution in [1.29, 1.82) is 0 Å². The van der Waals surface area contributed by atoms with E-state index in [1.807, 2.05) is 24.3 Å². The minimum Gasteiger partial charge on any atom is -0.455 e. The van der Waals surface area contributed by atoms with Crippen LogP contribution in [0.25, 0.3) is 122 Å². The fourth-order valence-corrected chi connectivity index (χ4v) is 8.91. The number of para-hydroxylation sites is 2. The Morgan fingerprint density at radius 1 is 0.279 bits per heavy atom. The van der Waals surface area contributed by atoms with Gasteiger partial charge in [0.1, 0.15) is 11.2 Å². The molecule has 2 heterocycles. The third-order valence-electron chi connectivity index (χ3n) is 11.9. The maximum Gasteiger partial charge on any atom is 0.167 e. The van der Waals surface area contributed by atoms with Crippen molar-refractivity contribution in [3.05, 3.63) is 212 Å². The fraction of sp³-hybridized carbons (Fsp3) is 0. The lowest BCUT2D eigenvalue weighted by molar-refractivity contribution is 0.669. The summed E-state index contributed by atoms with van der Waals surface area (Å²) in [6, 6.07) is 74.8. The van der Waals surface area contributed by atoms with Crippen molar-refractivity contribution in [2.45, 2.75) is 0 Å². The van der Waals surface area contributed by atoms with Crippen LogP contribution in [0.1, 0.15) is 0 Å². The number of fused-ring (bicyclic) bond motifs is 6. The van der Waals surface area contributed by atoms with Crippen molar-refractivity contribution in [3.8, 4) is 67.5 Å². The van der Waals surface area contributed by atoms with Crippen molar-refractivity contribution in [2.75, 3.05) is 0 Å². The molecule has 0 amide bonds. The van der Waals surface area contributed by atoms with Crippen LogP contribution in [0.3, 0.4) is 0 Å². The topological polar surface area (TPSA) is 51.8 Å². The minimum atomic E-state index is 0.550. The van der Waals surface area contributed by atoms with E-state index in [4.69, 9.17) is 19.4 Å². The van der Waals surface area contributed by atoms with E-state index in [2.05, 4.69) is 188 Å². The van der Waals surface area contributed by atoms with E-state index in [1.54, 1.807) is 0 Å². The van der Waals surface area contributed by atoms with Crippen LogP contribution < -0.4 is 0 Å². The van der Waals surface area contributed by atoms with E-state index < -0.39 is 0 Å². The molecule has 61 heavy (non-hydrogen) atoms. The standard InChI is InChI=1S/C57H35N3O/c1-3-13-36(14-4-1)41-28-25-37-26-29-42(34-44(37)33-41)43-30-27-40-18-11-22-49(51(40)35-43)55-58-56(50-23-12-21-48-47-20-9-10-24-52(47)61-54(48)50)60-57(59-55)53-45-19-8-7-17-39(45)31-32-46(53)38-15-5-2-6-16-38/h1-35H. The highest BCUT2D eigenvalue weighted by Crippen LogP contribution is 2.41. The molecule has 0 spiro atoms. The van der Waals surface area contributed by atoms with Crippen LogP contribution in [0.15, 0.2) is 217 Å². The largest absolute Gasteiger partial charge is 0.455 e. The van der Waals surface area contributed by atoms with Gasteiger partial charge in [0.25, 0.3) is 0 Å². The Morgan fingerprint density at radius 3 is 1.62 bits per heavy atom. The van der Waals surface area contributed by atoms with Crippen LogP contribution in [-0.4, -0.2) is 15.0 Å². The summed E-state index contributed by atoms with van der Waals surface area (Å²) in [5.74, 6) is 1.74. The third-order valence-corrected chi connectivity index (χ3v) is 11.9. The Bertz CT molecular complexity index is 3650. The second kappa shape index (κ2) is 14.3. The summed E-state index contributed by atoms with van der Waals surface area (Å²) in [5, 5.41) is 8.83. The van der Waals surface area contributed by atoms with Crippen LogP contribution in [0.5, 0.6) is 0 Å². The Kier molecular flexibility index (Phi) is 8.13. The molecule has 4 nitrogen and oxygen atoms in total. The van der Waals surface area contributed by atoms with Gasteiger partial charge < -0.3 is 4.42 Å². The van der Waals surface area contributed by atoms with Crippen LogP contribution >= 0.6 is 0 Å². The Balaban J connectivity index is 1.09. The Hall–Kier alpha value is -8.21. The number of furan rings is 1. The Labute approximate surface area is 352 Å².